The minimum Gasteiger partial charge on any atom is -0.462 e. The smallest absolute Gasteiger partial charge is 0.338 e. The quantitative estimate of drug-likeness (QED) is 0.622. The van der Waals surface area contributed by atoms with E-state index >= 15 is 0 Å². The van der Waals surface area contributed by atoms with Gasteiger partial charge in [-0.15, -0.1) is 0 Å². The summed E-state index contributed by atoms with van der Waals surface area (Å²) in [5.74, 6) is -0.353. The summed E-state index contributed by atoms with van der Waals surface area (Å²) in [6.45, 7) is 13.3. The molecule has 28 heavy (non-hydrogen) atoms. The maximum Gasteiger partial charge on any atom is 0.338 e. The standard InChI is InChI=1S/C24H30O3S/c1-7-27-22(25)17-8-10-18(11-9-17)28(26)21-15-20-19(14-16(21)2)23(3,4)12-13-24(20,5)6/h8-11,14-15H,7,12-13H2,1-6H3. The zero-order valence-electron chi connectivity index (χ0n) is 17.7. The van der Waals surface area contributed by atoms with Gasteiger partial charge in [0.2, 0.25) is 0 Å². The van der Waals surface area contributed by atoms with Crippen molar-refractivity contribution in [2.24, 2.45) is 0 Å². The first-order valence-electron chi connectivity index (χ1n) is 9.91. The Morgan fingerprint density at radius 1 is 1.00 bits per heavy atom. The van der Waals surface area contributed by atoms with Gasteiger partial charge < -0.3 is 4.74 Å². The first-order valence-corrected chi connectivity index (χ1v) is 11.1. The Bertz CT molecular complexity index is 924. The van der Waals surface area contributed by atoms with Crippen LogP contribution in [0.5, 0.6) is 0 Å². The van der Waals surface area contributed by atoms with Crippen LogP contribution >= 0.6 is 0 Å². The molecule has 1 aliphatic carbocycles. The second-order valence-electron chi connectivity index (χ2n) is 8.94. The van der Waals surface area contributed by atoms with Crippen LogP contribution in [-0.2, 0) is 26.4 Å². The third-order valence-electron chi connectivity index (χ3n) is 5.93. The van der Waals surface area contributed by atoms with Crippen LogP contribution in [0.25, 0.3) is 0 Å². The molecule has 0 heterocycles. The van der Waals surface area contributed by atoms with Crippen molar-refractivity contribution >= 4 is 16.8 Å². The van der Waals surface area contributed by atoms with Crippen molar-refractivity contribution in [2.45, 2.75) is 75.0 Å². The van der Waals surface area contributed by atoms with Crippen LogP contribution in [-0.4, -0.2) is 16.8 Å². The van der Waals surface area contributed by atoms with Gasteiger partial charge in [-0.05, 0) is 84.5 Å². The number of carbonyl (C=O) groups is 1. The lowest BCUT2D eigenvalue weighted by Gasteiger charge is -2.42. The lowest BCUT2D eigenvalue weighted by atomic mass is 9.63. The lowest BCUT2D eigenvalue weighted by molar-refractivity contribution is 0.0526. The molecule has 4 heteroatoms. The summed E-state index contributed by atoms with van der Waals surface area (Å²) in [6, 6.07) is 11.3. The third kappa shape index (κ3) is 3.80. The molecule has 0 saturated heterocycles. The van der Waals surface area contributed by atoms with Gasteiger partial charge in [0.15, 0.2) is 0 Å². The van der Waals surface area contributed by atoms with Crippen molar-refractivity contribution in [3.8, 4) is 0 Å². The summed E-state index contributed by atoms with van der Waals surface area (Å²) in [5, 5.41) is 0. The maximum atomic E-state index is 13.3. The van der Waals surface area contributed by atoms with E-state index in [0.29, 0.717) is 17.1 Å². The van der Waals surface area contributed by atoms with Gasteiger partial charge in [-0.1, -0.05) is 33.8 Å². The number of fused-ring (bicyclic) bond motifs is 1. The Hall–Kier alpha value is -1.94. The number of rotatable bonds is 4. The zero-order valence-corrected chi connectivity index (χ0v) is 18.5. The van der Waals surface area contributed by atoms with E-state index in [1.54, 1.807) is 31.2 Å². The molecule has 1 atom stereocenters. The van der Waals surface area contributed by atoms with Gasteiger partial charge in [0, 0.05) is 9.79 Å². The molecule has 0 bridgehead atoms. The van der Waals surface area contributed by atoms with Gasteiger partial charge in [0.05, 0.1) is 23.0 Å². The SMILES string of the molecule is CCOC(=O)c1ccc(S(=O)c2cc3c(cc2C)C(C)(C)CCC3(C)C)cc1. The molecule has 0 fully saturated rings. The molecule has 2 aromatic rings. The molecule has 150 valence electrons. The molecule has 0 amide bonds. The summed E-state index contributed by atoms with van der Waals surface area (Å²) in [7, 11) is -1.29. The summed E-state index contributed by atoms with van der Waals surface area (Å²) < 4.78 is 18.3. The maximum absolute atomic E-state index is 13.3. The van der Waals surface area contributed by atoms with Crippen LogP contribution in [0.15, 0.2) is 46.2 Å². The molecule has 1 unspecified atom stereocenters. The minimum absolute atomic E-state index is 0.0747. The predicted molar refractivity (Wildman–Crippen MR) is 114 cm³/mol. The van der Waals surface area contributed by atoms with Crippen LogP contribution in [0, 0.1) is 6.92 Å². The normalized spacial score (nSPS) is 18.2. The van der Waals surface area contributed by atoms with E-state index in [2.05, 4.69) is 39.8 Å². The summed E-state index contributed by atoms with van der Waals surface area (Å²) in [4.78, 5) is 13.4. The van der Waals surface area contributed by atoms with Crippen molar-refractivity contribution < 1.29 is 13.7 Å². The zero-order chi connectivity index (χ0) is 20.7. The number of aryl methyl sites for hydroxylation is 1. The van der Waals surface area contributed by atoms with Crippen molar-refractivity contribution in [3.63, 3.8) is 0 Å². The number of esters is 1. The average molecular weight is 399 g/mol. The summed E-state index contributed by atoms with van der Waals surface area (Å²) in [5.41, 5.74) is 4.42. The second kappa shape index (κ2) is 7.47. The fraction of sp³-hybridized carbons (Fsp3) is 0.458. The second-order valence-corrected chi connectivity index (χ2v) is 10.4. The highest BCUT2D eigenvalue weighted by atomic mass is 32.2. The predicted octanol–water partition coefficient (Wildman–Crippen LogP) is 5.69. The molecule has 2 aromatic carbocycles. The van der Waals surface area contributed by atoms with Gasteiger partial charge >= 0.3 is 5.97 Å². The van der Waals surface area contributed by atoms with E-state index < -0.39 is 10.8 Å². The van der Waals surface area contributed by atoms with Crippen LogP contribution in [0.3, 0.4) is 0 Å². The van der Waals surface area contributed by atoms with Crippen LogP contribution in [0.2, 0.25) is 0 Å². The molecule has 0 radical (unpaired) electrons. The van der Waals surface area contributed by atoms with Gasteiger partial charge in [-0.2, -0.15) is 0 Å². The van der Waals surface area contributed by atoms with E-state index in [9.17, 15) is 9.00 Å². The van der Waals surface area contributed by atoms with E-state index in [1.165, 1.54) is 11.1 Å². The molecule has 3 rings (SSSR count). The first-order chi connectivity index (χ1) is 13.1. The number of ether oxygens (including phenoxy) is 1. The highest BCUT2D eigenvalue weighted by Gasteiger charge is 2.37. The van der Waals surface area contributed by atoms with Gasteiger partial charge in [-0.3, -0.25) is 0 Å². The number of carbonyl (C=O) groups excluding carboxylic acids is 1. The van der Waals surface area contributed by atoms with E-state index in [1.807, 2.05) is 6.92 Å². The Labute approximate surface area is 171 Å². The largest absolute Gasteiger partial charge is 0.462 e. The Balaban J connectivity index is 2.00. The molecule has 1 aliphatic rings. The summed E-state index contributed by atoms with van der Waals surface area (Å²) in [6.07, 6.45) is 2.28. The fourth-order valence-corrected chi connectivity index (χ4v) is 5.17. The van der Waals surface area contributed by atoms with Crippen molar-refractivity contribution in [3.05, 3.63) is 58.7 Å². The fourth-order valence-electron chi connectivity index (χ4n) is 3.96. The molecular formula is C24H30O3S. The minimum atomic E-state index is -1.29. The van der Waals surface area contributed by atoms with Crippen LogP contribution < -0.4 is 0 Å². The summed E-state index contributed by atoms with van der Waals surface area (Å²) >= 11 is 0. The number of hydrogen-bond donors (Lipinski definition) is 0. The van der Waals surface area contributed by atoms with Crippen molar-refractivity contribution in [1.29, 1.82) is 0 Å². The van der Waals surface area contributed by atoms with E-state index in [4.69, 9.17) is 4.74 Å². The van der Waals surface area contributed by atoms with E-state index in [-0.39, 0.29) is 16.8 Å². The number of benzene rings is 2. The highest BCUT2D eigenvalue weighted by Crippen LogP contribution is 2.47. The topological polar surface area (TPSA) is 43.4 Å². The van der Waals surface area contributed by atoms with E-state index in [0.717, 1.165) is 23.3 Å². The third-order valence-corrected chi connectivity index (χ3v) is 7.47. The number of hydrogen-bond acceptors (Lipinski definition) is 3. The average Bonchev–Trinajstić information content (AvgIpc) is 2.65. The lowest BCUT2D eigenvalue weighted by Crippen LogP contribution is -2.34. The molecule has 0 saturated carbocycles. The Morgan fingerprint density at radius 2 is 1.54 bits per heavy atom. The monoisotopic (exact) mass is 398 g/mol. The molecular weight excluding hydrogens is 368 g/mol. The molecule has 0 N–H and O–H groups in total. The Kier molecular flexibility index (Phi) is 5.55. The molecule has 3 nitrogen and oxygen atoms in total. The van der Waals surface area contributed by atoms with Gasteiger partial charge in [0.1, 0.15) is 0 Å². The van der Waals surface area contributed by atoms with Crippen molar-refractivity contribution in [2.75, 3.05) is 6.61 Å². The molecule has 0 aliphatic heterocycles. The first kappa shape index (κ1) is 20.8. The van der Waals surface area contributed by atoms with Gasteiger partial charge in [-0.25, -0.2) is 9.00 Å². The van der Waals surface area contributed by atoms with Gasteiger partial charge in [0.25, 0.3) is 0 Å². The molecule has 0 spiro atoms. The Morgan fingerprint density at radius 3 is 2.07 bits per heavy atom. The van der Waals surface area contributed by atoms with Crippen LogP contribution in [0.1, 0.15) is 74.5 Å². The molecule has 0 aromatic heterocycles. The van der Waals surface area contributed by atoms with Crippen molar-refractivity contribution in [1.82, 2.24) is 0 Å². The van der Waals surface area contributed by atoms with Crippen LogP contribution in [0.4, 0.5) is 0 Å². The highest BCUT2D eigenvalue weighted by molar-refractivity contribution is 7.85.